The van der Waals surface area contributed by atoms with E-state index >= 15 is 0 Å². The lowest BCUT2D eigenvalue weighted by Gasteiger charge is -2.16. The van der Waals surface area contributed by atoms with Crippen LogP contribution in [-0.2, 0) is 6.18 Å². The molecule has 4 N–H and O–H groups in total. The van der Waals surface area contributed by atoms with Crippen LogP contribution in [-0.4, -0.2) is 73.9 Å². The minimum absolute atomic E-state index is 0.123. The van der Waals surface area contributed by atoms with Gasteiger partial charge in [-0.05, 0) is 12.1 Å². The van der Waals surface area contributed by atoms with Crippen molar-refractivity contribution in [3.63, 3.8) is 0 Å². The number of fused-ring (bicyclic) bond motifs is 1. The Morgan fingerprint density at radius 2 is 2.09 bits per heavy atom. The maximum atomic E-state index is 14.3. The summed E-state index contributed by atoms with van der Waals surface area (Å²) in [5.41, 5.74) is 3.01. The lowest BCUT2D eigenvalue weighted by atomic mass is 10.1. The fraction of sp³-hybridized carbons (Fsp3) is 0.316. The zero-order valence-corrected chi connectivity index (χ0v) is 16.9. The first-order chi connectivity index (χ1) is 17.2. The largest absolute Gasteiger partial charge is 0.480 e. The standard InChI is InChI=1S/C19H17F4N7O4/c1-34-17-9(16(31)28-12-6-29(18(32)33)5-11(12)20)2-8(4-25-17)13-3-10(19(21,22)23)14-15(24)26-7-27-30(13)14/h2-4,7,11-12H,5-6H2,1H3,(H,28,31)(H,32,33)(H2,24,26,27)/t11-,12+/m0/s1/i1D3. The second-order valence-corrected chi connectivity index (χ2v) is 7.31. The van der Waals surface area contributed by atoms with Crippen molar-refractivity contribution < 1.29 is 41.1 Å². The van der Waals surface area contributed by atoms with Crippen LogP contribution in [0, 0.1) is 0 Å². The van der Waals surface area contributed by atoms with E-state index < -0.39 is 72.3 Å². The Balaban J connectivity index is 1.79. The van der Waals surface area contributed by atoms with Crippen molar-refractivity contribution in [3.8, 4) is 17.1 Å². The molecule has 0 bridgehead atoms. The van der Waals surface area contributed by atoms with Gasteiger partial charge in [0.05, 0.1) is 35.0 Å². The Bertz CT molecular complexity index is 1380. The topological polar surface area (TPSA) is 148 Å². The van der Waals surface area contributed by atoms with Crippen LogP contribution in [0.1, 0.15) is 20.0 Å². The summed E-state index contributed by atoms with van der Waals surface area (Å²) in [5.74, 6) is -2.28. The summed E-state index contributed by atoms with van der Waals surface area (Å²) < 4.78 is 82.8. The molecular formula is C19H17F4N7O4. The second kappa shape index (κ2) is 8.31. The summed E-state index contributed by atoms with van der Waals surface area (Å²) in [5, 5.41) is 15.1. The Morgan fingerprint density at radius 3 is 2.74 bits per heavy atom. The number of aromatic nitrogens is 4. The number of pyridine rings is 1. The highest BCUT2D eigenvalue weighted by Gasteiger charge is 2.38. The van der Waals surface area contributed by atoms with Gasteiger partial charge in [0.2, 0.25) is 5.88 Å². The first-order valence-electron chi connectivity index (χ1n) is 11.0. The molecule has 11 nitrogen and oxygen atoms in total. The van der Waals surface area contributed by atoms with Crippen LogP contribution in [0.3, 0.4) is 0 Å². The van der Waals surface area contributed by atoms with Crippen molar-refractivity contribution in [2.24, 2.45) is 0 Å². The monoisotopic (exact) mass is 486 g/mol. The predicted molar refractivity (Wildman–Crippen MR) is 108 cm³/mol. The quantitative estimate of drug-likeness (QED) is 0.473. The van der Waals surface area contributed by atoms with Gasteiger partial charge < -0.3 is 25.8 Å². The van der Waals surface area contributed by atoms with E-state index in [-0.39, 0.29) is 17.8 Å². The number of halogens is 4. The van der Waals surface area contributed by atoms with Gasteiger partial charge in [0.25, 0.3) is 5.91 Å². The molecule has 15 heteroatoms. The number of alkyl halides is 4. The molecule has 0 aromatic carbocycles. The van der Waals surface area contributed by atoms with E-state index in [1.165, 1.54) is 0 Å². The molecule has 4 rings (SSSR count). The number of amides is 2. The number of carbonyl (C=O) groups excluding carboxylic acids is 1. The maximum Gasteiger partial charge on any atom is 0.418 e. The number of likely N-dealkylation sites (tertiary alicyclic amines) is 1. The summed E-state index contributed by atoms with van der Waals surface area (Å²) in [7, 11) is -3.06. The molecule has 1 saturated heterocycles. The molecule has 1 fully saturated rings. The summed E-state index contributed by atoms with van der Waals surface area (Å²) >= 11 is 0. The Labute approximate surface area is 192 Å². The zero-order chi connectivity index (χ0) is 27.3. The fourth-order valence-corrected chi connectivity index (χ4v) is 3.63. The fourth-order valence-electron chi connectivity index (χ4n) is 3.63. The molecular weight excluding hydrogens is 466 g/mol. The Morgan fingerprint density at radius 1 is 1.32 bits per heavy atom. The van der Waals surface area contributed by atoms with Crippen molar-refractivity contribution in [1.29, 1.82) is 0 Å². The number of hydrogen-bond donors (Lipinski definition) is 3. The molecule has 3 aromatic rings. The van der Waals surface area contributed by atoms with Crippen LogP contribution < -0.4 is 15.8 Å². The number of carbonyl (C=O) groups is 2. The van der Waals surface area contributed by atoms with Crippen molar-refractivity contribution in [2.45, 2.75) is 18.4 Å². The van der Waals surface area contributed by atoms with Gasteiger partial charge in [-0.1, -0.05) is 0 Å². The molecule has 180 valence electrons. The van der Waals surface area contributed by atoms with Crippen molar-refractivity contribution in [3.05, 3.63) is 35.8 Å². The van der Waals surface area contributed by atoms with Crippen LogP contribution in [0.5, 0.6) is 5.88 Å². The van der Waals surface area contributed by atoms with Crippen LogP contribution in [0.25, 0.3) is 16.8 Å². The highest BCUT2D eigenvalue weighted by molar-refractivity contribution is 5.98. The molecule has 0 unspecified atom stereocenters. The zero-order valence-electron chi connectivity index (χ0n) is 19.9. The van der Waals surface area contributed by atoms with E-state index in [1.54, 1.807) is 0 Å². The average molecular weight is 486 g/mol. The third-order valence-electron chi connectivity index (χ3n) is 5.21. The first kappa shape index (κ1) is 19.3. The third-order valence-corrected chi connectivity index (χ3v) is 5.21. The van der Waals surface area contributed by atoms with Crippen LogP contribution in [0.2, 0.25) is 0 Å². The highest BCUT2D eigenvalue weighted by Crippen LogP contribution is 2.39. The molecule has 1 aliphatic heterocycles. The number of anilines is 1. The van der Waals surface area contributed by atoms with E-state index in [0.717, 1.165) is 28.0 Å². The van der Waals surface area contributed by atoms with Gasteiger partial charge in [-0.3, -0.25) is 4.79 Å². The summed E-state index contributed by atoms with van der Waals surface area (Å²) in [4.78, 5) is 32.2. The summed E-state index contributed by atoms with van der Waals surface area (Å²) in [6.07, 6.45) is -6.16. The lowest BCUT2D eigenvalue weighted by Crippen LogP contribution is -2.41. The number of nitrogen functional groups attached to an aromatic ring is 1. The van der Waals surface area contributed by atoms with Gasteiger partial charge in [0.15, 0.2) is 5.82 Å². The minimum Gasteiger partial charge on any atom is -0.480 e. The maximum absolute atomic E-state index is 14.3. The first-order valence-corrected chi connectivity index (χ1v) is 9.47. The Kier molecular flexibility index (Phi) is 4.72. The normalized spacial score (nSPS) is 20.0. The smallest absolute Gasteiger partial charge is 0.418 e. The van der Waals surface area contributed by atoms with Crippen LogP contribution in [0.4, 0.5) is 28.2 Å². The second-order valence-electron chi connectivity index (χ2n) is 7.31. The number of rotatable bonds is 4. The SMILES string of the molecule is [2H]C([2H])([2H])Oc1ncc(-c2cc(C(F)(F)F)c3c(N)ncnn23)cc1C(=O)N[C@@H]1CN(C(=O)O)C[C@@H]1F. The molecule has 0 aliphatic carbocycles. The van der Waals surface area contributed by atoms with Crippen molar-refractivity contribution in [1.82, 2.24) is 29.8 Å². The molecule has 1 aliphatic rings. The van der Waals surface area contributed by atoms with Gasteiger partial charge in [0.1, 0.15) is 23.6 Å². The number of carboxylic acid groups (broad SMARTS) is 1. The summed E-state index contributed by atoms with van der Waals surface area (Å²) in [6, 6.07) is 0.398. The number of hydrogen-bond acceptors (Lipinski definition) is 7. The van der Waals surface area contributed by atoms with Crippen molar-refractivity contribution >= 4 is 23.3 Å². The molecule has 3 aromatic heterocycles. The molecule has 0 radical (unpaired) electrons. The molecule has 34 heavy (non-hydrogen) atoms. The van der Waals surface area contributed by atoms with E-state index in [9.17, 15) is 27.2 Å². The van der Waals surface area contributed by atoms with Gasteiger partial charge in [-0.2, -0.15) is 18.3 Å². The van der Waals surface area contributed by atoms with Gasteiger partial charge in [-0.25, -0.2) is 23.7 Å². The van der Waals surface area contributed by atoms with E-state index in [2.05, 4.69) is 20.4 Å². The van der Waals surface area contributed by atoms with Gasteiger partial charge >= 0.3 is 12.3 Å². The lowest BCUT2D eigenvalue weighted by molar-refractivity contribution is -0.136. The highest BCUT2D eigenvalue weighted by atomic mass is 19.4. The molecule has 4 heterocycles. The van der Waals surface area contributed by atoms with E-state index in [1.807, 2.05) is 0 Å². The number of nitrogens with two attached hydrogens (primary N) is 1. The summed E-state index contributed by atoms with van der Waals surface area (Å²) in [6.45, 7) is -0.895. The average Bonchev–Trinajstić information content (AvgIpc) is 3.35. The van der Waals surface area contributed by atoms with Crippen molar-refractivity contribution in [2.75, 3.05) is 25.9 Å². The Hall–Kier alpha value is -4.17. The molecule has 2 amide bonds. The minimum atomic E-state index is -4.85. The molecule has 2 atom stereocenters. The van der Waals surface area contributed by atoms with Crippen LogP contribution in [0.15, 0.2) is 24.7 Å². The number of methoxy groups -OCH3 is 1. The molecule has 0 saturated carbocycles. The third kappa shape index (κ3) is 3.99. The van der Waals surface area contributed by atoms with Crippen LogP contribution >= 0.6 is 0 Å². The van der Waals surface area contributed by atoms with E-state index in [0.29, 0.717) is 6.07 Å². The van der Waals surface area contributed by atoms with Gasteiger partial charge in [-0.15, -0.1) is 0 Å². The molecule has 0 spiro atoms. The number of nitrogens with one attached hydrogen (secondary N) is 1. The predicted octanol–water partition coefficient (Wildman–Crippen LogP) is 1.83. The number of ether oxygens (including phenoxy) is 1. The van der Waals surface area contributed by atoms with E-state index in [4.69, 9.17) is 19.7 Å². The van der Waals surface area contributed by atoms with Gasteiger partial charge in [0, 0.05) is 18.3 Å². The number of nitrogens with zero attached hydrogens (tertiary/aromatic N) is 5.